The van der Waals surface area contributed by atoms with Gasteiger partial charge < -0.3 is 10.1 Å². The van der Waals surface area contributed by atoms with Crippen LogP contribution in [-0.2, 0) is 0 Å². The molecule has 0 aliphatic heterocycles. The fourth-order valence-electron chi connectivity index (χ4n) is 1.30. The van der Waals surface area contributed by atoms with Gasteiger partial charge in [0.25, 0.3) is 0 Å². The van der Waals surface area contributed by atoms with Gasteiger partial charge in [-0.05, 0) is 43.7 Å². The summed E-state index contributed by atoms with van der Waals surface area (Å²) in [5.74, 6) is 0.880. The van der Waals surface area contributed by atoms with E-state index in [0.717, 1.165) is 35.8 Å². The molecule has 1 aromatic rings. The Morgan fingerprint density at radius 3 is 3.00 bits per heavy atom. The molecule has 0 fully saturated rings. The molecule has 0 spiro atoms. The Kier molecular flexibility index (Phi) is 5.98. The average Bonchev–Trinajstić information content (AvgIpc) is 2.28. The Balaban J connectivity index is 2.21. The molecule has 0 aliphatic carbocycles. The number of hydrogen-bond donors (Lipinski definition) is 1. The number of aryl methyl sites for hydroxylation is 1. The van der Waals surface area contributed by atoms with Gasteiger partial charge in [-0.15, -0.1) is 6.58 Å². The van der Waals surface area contributed by atoms with Gasteiger partial charge in [0, 0.05) is 11.6 Å². The Morgan fingerprint density at radius 1 is 1.50 bits per heavy atom. The average molecular weight is 240 g/mol. The summed E-state index contributed by atoms with van der Waals surface area (Å²) < 4.78 is 5.60. The fraction of sp³-hybridized carbons (Fsp3) is 0.385. The van der Waals surface area contributed by atoms with Gasteiger partial charge in [0.05, 0.1) is 6.61 Å². The first-order valence-corrected chi connectivity index (χ1v) is 5.82. The van der Waals surface area contributed by atoms with Crippen molar-refractivity contribution in [2.75, 3.05) is 19.7 Å². The van der Waals surface area contributed by atoms with Crippen LogP contribution < -0.4 is 10.1 Å². The van der Waals surface area contributed by atoms with E-state index in [4.69, 9.17) is 16.3 Å². The van der Waals surface area contributed by atoms with Crippen molar-refractivity contribution in [1.29, 1.82) is 0 Å². The van der Waals surface area contributed by atoms with Crippen LogP contribution in [0.25, 0.3) is 0 Å². The minimum atomic E-state index is 0.714. The second-order valence-corrected chi connectivity index (χ2v) is 4.01. The molecule has 0 saturated heterocycles. The molecule has 0 aliphatic rings. The molecule has 0 atom stereocenters. The molecule has 0 aromatic heterocycles. The van der Waals surface area contributed by atoms with E-state index in [0.29, 0.717) is 6.61 Å². The maximum Gasteiger partial charge on any atom is 0.119 e. The van der Waals surface area contributed by atoms with Crippen molar-refractivity contribution in [2.24, 2.45) is 0 Å². The van der Waals surface area contributed by atoms with Gasteiger partial charge >= 0.3 is 0 Å². The number of benzene rings is 1. The van der Waals surface area contributed by atoms with Gasteiger partial charge in [-0.1, -0.05) is 17.7 Å². The Morgan fingerprint density at radius 2 is 2.31 bits per heavy atom. The van der Waals surface area contributed by atoms with Crippen molar-refractivity contribution in [1.82, 2.24) is 5.32 Å². The third kappa shape index (κ3) is 4.69. The lowest BCUT2D eigenvalue weighted by molar-refractivity contribution is 0.309. The van der Waals surface area contributed by atoms with Crippen LogP contribution in [0.2, 0.25) is 5.02 Å². The number of halogens is 1. The van der Waals surface area contributed by atoms with E-state index in [-0.39, 0.29) is 0 Å². The highest BCUT2D eigenvalue weighted by atomic mass is 35.5. The van der Waals surface area contributed by atoms with Crippen LogP contribution in [0.5, 0.6) is 5.75 Å². The molecule has 0 radical (unpaired) electrons. The molecule has 1 rings (SSSR count). The summed E-state index contributed by atoms with van der Waals surface area (Å²) in [6.45, 7) is 8.11. The minimum Gasteiger partial charge on any atom is -0.494 e. The highest BCUT2D eigenvalue weighted by Crippen LogP contribution is 2.20. The van der Waals surface area contributed by atoms with E-state index in [1.54, 1.807) is 0 Å². The van der Waals surface area contributed by atoms with E-state index in [2.05, 4.69) is 11.9 Å². The maximum atomic E-state index is 5.92. The van der Waals surface area contributed by atoms with Crippen molar-refractivity contribution >= 4 is 11.6 Å². The number of hydrogen-bond acceptors (Lipinski definition) is 2. The molecule has 88 valence electrons. The molecule has 1 N–H and O–H groups in total. The zero-order chi connectivity index (χ0) is 11.8. The summed E-state index contributed by atoms with van der Waals surface area (Å²) in [7, 11) is 0. The second-order valence-electron chi connectivity index (χ2n) is 3.61. The molecular formula is C13H18ClNO. The number of nitrogens with one attached hydrogen (secondary N) is 1. The van der Waals surface area contributed by atoms with Crippen molar-refractivity contribution in [3.05, 3.63) is 41.4 Å². The van der Waals surface area contributed by atoms with Crippen LogP contribution in [0.4, 0.5) is 0 Å². The van der Waals surface area contributed by atoms with Crippen LogP contribution in [0.15, 0.2) is 30.9 Å². The van der Waals surface area contributed by atoms with Gasteiger partial charge in [-0.25, -0.2) is 0 Å². The fourth-order valence-corrected chi connectivity index (χ4v) is 1.42. The standard InChI is InChI=1S/C13H18ClNO/c1-3-7-15-8-4-9-16-12-5-6-13(14)11(2)10-12/h3,5-6,10,15H,1,4,7-9H2,2H3. The molecular weight excluding hydrogens is 222 g/mol. The van der Waals surface area contributed by atoms with E-state index < -0.39 is 0 Å². The smallest absolute Gasteiger partial charge is 0.119 e. The quantitative estimate of drug-likeness (QED) is 0.583. The molecule has 3 heteroatoms. The third-order valence-electron chi connectivity index (χ3n) is 2.18. The van der Waals surface area contributed by atoms with Crippen molar-refractivity contribution < 1.29 is 4.74 Å². The van der Waals surface area contributed by atoms with Gasteiger partial charge in [0.1, 0.15) is 5.75 Å². The Hall–Kier alpha value is -0.990. The summed E-state index contributed by atoms with van der Waals surface area (Å²) in [6, 6.07) is 5.72. The predicted octanol–water partition coefficient (Wildman–Crippen LogP) is 3.19. The molecule has 16 heavy (non-hydrogen) atoms. The lowest BCUT2D eigenvalue weighted by Crippen LogP contribution is -2.17. The van der Waals surface area contributed by atoms with Crippen LogP contribution in [0.1, 0.15) is 12.0 Å². The van der Waals surface area contributed by atoms with Crippen molar-refractivity contribution in [2.45, 2.75) is 13.3 Å². The van der Waals surface area contributed by atoms with Crippen molar-refractivity contribution in [3.63, 3.8) is 0 Å². The molecule has 0 amide bonds. The largest absolute Gasteiger partial charge is 0.494 e. The van der Waals surface area contributed by atoms with Crippen LogP contribution >= 0.6 is 11.6 Å². The monoisotopic (exact) mass is 239 g/mol. The van der Waals surface area contributed by atoms with Crippen LogP contribution in [0.3, 0.4) is 0 Å². The van der Waals surface area contributed by atoms with Crippen LogP contribution in [0, 0.1) is 6.92 Å². The minimum absolute atomic E-state index is 0.714. The lowest BCUT2D eigenvalue weighted by atomic mass is 10.2. The van der Waals surface area contributed by atoms with Gasteiger partial charge in [0.15, 0.2) is 0 Å². The first-order chi connectivity index (χ1) is 7.74. The number of rotatable bonds is 7. The molecule has 2 nitrogen and oxygen atoms in total. The highest BCUT2D eigenvalue weighted by Gasteiger charge is 1.98. The van der Waals surface area contributed by atoms with E-state index in [1.807, 2.05) is 31.2 Å². The highest BCUT2D eigenvalue weighted by molar-refractivity contribution is 6.31. The normalized spacial score (nSPS) is 10.1. The van der Waals surface area contributed by atoms with Gasteiger partial charge in [-0.2, -0.15) is 0 Å². The summed E-state index contributed by atoms with van der Waals surface area (Å²) in [4.78, 5) is 0. The summed E-state index contributed by atoms with van der Waals surface area (Å²) >= 11 is 5.92. The van der Waals surface area contributed by atoms with E-state index >= 15 is 0 Å². The van der Waals surface area contributed by atoms with Gasteiger partial charge in [0.2, 0.25) is 0 Å². The third-order valence-corrected chi connectivity index (χ3v) is 2.61. The Labute approximate surface area is 102 Å². The topological polar surface area (TPSA) is 21.3 Å². The van der Waals surface area contributed by atoms with Crippen LogP contribution in [-0.4, -0.2) is 19.7 Å². The Bertz CT molecular complexity index is 339. The van der Waals surface area contributed by atoms with Gasteiger partial charge in [-0.3, -0.25) is 0 Å². The molecule has 0 heterocycles. The number of ether oxygens (including phenoxy) is 1. The zero-order valence-electron chi connectivity index (χ0n) is 9.63. The predicted molar refractivity (Wildman–Crippen MR) is 69.4 cm³/mol. The first-order valence-electron chi connectivity index (χ1n) is 5.44. The molecule has 0 unspecified atom stereocenters. The SMILES string of the molecule is C=CCNCCCOc1ccc(Cl)c(C)c1. The van der Waals surface area contributed by atoms with Crippen molar-refractivity contribution in [3.8, 4) is 5.75 Å². The molecule has 0 saturated carbocycles. The second kappa shape index (κ2) is 7.31. The van der Waals surface area contributed by atoms with E-state index in [1.165, 1.54) is 0 Å². The van der Waals surface area contributed by atoms with E-state index in [9.17, 15) is 0 Å². The zero-order valence-corrected chi connectivity index (χ0v) is 10.4. The summed E-state index contributed by atoms with van der Waals surface area (Å²) in [6.07, 6.45) is 2.83. The first kappa shape index (κ1) is 13.1. The summed E-state index contributed by atoms with van der Waals surface area (Å²) in [5, 5.41) is 4.00. The maximum absolute atomic E-state index is 5.92. The molecule has 0 bridgehead atoms. The summed E-state index contributed by atoms with van der Waals surface area (Å²) in [5.41, 5.74) is 1.05. The molecule has 1 aromatic carbocycles. The lowest BCUT2D eigenvalue weighted by Gasteiger charge is -2.07.